The number of rotatable bonds is 8. The zero-order valence-electron chi connectivity index (χ0n) is 50.2. The summed E-state index contributed by atoms with van der Waals surface area (Å²) >= 11 is 0. The Morgan fingerprint density at radius 1 is 0.294 bits per heavy atom. The standard InChI is InChI=1S/C81H68N2O2/c1-49-41-43-55(45-51(49)3)82(69-39-23-35-63-61-33-21-37-65(79(5,6)7)75(61)84-77(63)69)71-47-67-73(59-31-19-17-29-57(59)71)74-60-32-20-18-30-58(60)72(48-68(74)81(67,53-25-13-11-14-26-53)54-27-15-12-16-28-54)83(56-44-42-50(2)52(4)46-56)70-40-24-36-64-62-34-22-38-66(80(8,9)10)76(62)85-78(64)70/h11-48H,1-10H3. The SMILES string of the molecule is Cc1ccc(N(c2cc3c(c4ccccc24)-c2c(cc(N(c4ccc(C)c(C)c4)c4cccc5c4oc4c(C(C)(C)C)cccc45)c4ccccc24)C3(c2ccccc2)c2ccccc2)c2cccc3c2oc2c(C(C)(C)C)cccc23)cc1C. The van der Waals surface area contributed by atoms with E-state index in [9.17, 15) is 0 Å². The van der Waals surface area contributed by atoms with Crippen LogP contribution in [0.2, 0.25) is 0 Å². The van der Waals surface area contributed by atoms with Crippen LogP contribution in [0, 0.1) is 27.7 Å². The Morgan fingerprint density at radius 3 is 1.01 bits per heavy atom. The average molecular weight is 1100 g/mol. The fraction of sp³-hybridized carbons (Fsp3) is 0.160. The largest absolute Gasteiger partial charge is 0.454 e. The first-order valence-corrected chi connectivity index (χ1v) is 30.0. The normalized spacial score (nSPS) is 13.2. The highest BCUT2D eigenvalue weighted by atomic mass is 16.3. The maximum Gasteiger partial charge on any atom is 0.159 e. The summed E-state index contributed by atoms with van der Waals surface area (Å²) in [4.78, 5) is 4.98. The van der Waals surface area contributed by atoms with Crippen molar-refractivity contribution in [3.8, 4) is 11.1 Å². The van der Waals surface area contributed by atoms with Crippen molar-refractivity contribution in [3.05, 3.63) is 286 Å². The van der Waals surface area contributed by atoms with Crippen molar-refractivity contribution >= 4 is 99.5 Å². The molecular weight excluding hydrogens is 1030 g/mol. The lowest BCUT2D eigenvalue weighted by Gasteiger charge is -2.36. The van der Waals surface area contributed by atoms with E-state index in [1.54, 1.807) is 0 Å². The number of para-hydroxylation sites is 4. The fourth-order valence-electron chi connectivity index (χ4n) is 14.2. The molecule has 0 spiro atoms. The molecule has 15 rings (SSSR count). The summed E-state index contributed by atoms with van der Waals surface area (Å²) in [5.41, 5.74) is 23.2. The van der Waals surface area contributed by atoms with Crippen LogP contribution in [0.3, 0.4) is 0 Å². The van der Waals surface area contributed by atoms with Crippen LogP contribution < -0.4 is 9.80 Å². The highest BCUT2D eigenvalue weighted by molar-refractivity contribution is 6.20. The first kappa shape index (κ1) is 52.2. The smallest absolute Gasteiger partial charge is 0.159 e. The number of aryl methyl sites for hydroxylation is 4. The van der Waals surface area contributed by atoms with E-state index < -0.39 is 5.41 Å². The van der Waals surface area contributed by atoms with Crippen molar-refractivity contribution in [2.75, 3.05) is 9.80 Å². The second-order valence-corrected chi connectivity index (χ2v) is 25.8. The monoisotopic (exact) mass is 1100 g/mol. The number of hydrogen-bond acceptors (Lipinski definition) is 4. The highest BCUT2D eigenvalue weighted by Gasteiger charge is 2.49. The highest BCUT2D eigenvalue weighted by Crippen LogP contribution is 2.63. The molecule has 0 saturated carbocycles. The molecule has 0 unspecified atom stereocenters. The Hall–Kier alpha value is -9.64. The van der Waals surface area contributed by atoms with Gasteiger partial charge >= 0.3 is 0 Å². The molecule has 0 radical (unpaired) electrons. The molecule has 2 aromatic heterocycles. The van der Waals surface area contributed by atoms with Gasteiger partial charge in [0.25, 0.3) is 0 Å². The minimum Gasteiger partial charge on any atom is -0.454 e. The van der Waals surface area contributed by atoms with Crippen molar-refractivity contribution < 1.29 is 8.83 Å². The van der Waals surface area contributed by atoms with E-state index in [1.807, 2.05) is 0 Å². The molecule has 1 aliphatic rings. The van der Waals surface area contributed by atoms with Crippen molar-refractivity contribution in [2.45, 2.75) is 85.5 Å². The third-order valence-electron chi connectivity index (χ3n) is 18.6. The summed E-state index contributed by atoms with van der Waals surface area (Å²) in [6.07, 6.45) is 0. The maximum absolute atomic E-state index is 7.34. The van der Waals surface area contributed by atoms with Gasteiger partial charge in [0, 0.05) is 54.8 Å². The third-order valence-corrected chi connectivity index (χ3v) is 18.6. The van der Waals surface area contributed by atoms with Gasteiger partial charge < -0.3 is 18.6 Å². The van der Waals surface area contributed by atoms with Crippen molar-refractivity contribution in [1.82, 2.24) is 0 Å². The van der Waals surface area contributed by atoms with Crippen LogP contribution in [0.5, 0.6) is 0 Å². The second kappa shape index (κ2) is 19.2. The minimum absolute atomic E-state index is 0.137. The van der Waals surface area contributed by atoms with E-state index in [2.05, 4.69) is 310 Å². The number of anilines is 6. The van der Waals surface area contributed by atoms with E-state index in [4.69, 9.17) is 8.83 Å². The van der Waals surface area contributed by atoms with Crippen molar-refractivity contribution in [3.63, 3.8) is 0 Å². The number of benzene rings is 12. The summed E-state index contributed by atoms with van der Waals surface area (Å²) in [5, 5.41) is 9.06. The van der Waals surface area contributed by atoms with Crippen LogP contribution in [0.1, 0.15) is 97.2 Å². The molecule has 14 aromatic rings. The molecule has 85 heavy (non-hydrogen) atoms. The maximum atomic E-state index is 7.34. The minimum atomic E-state index is -0.839. The number of nitrogens with zero attached hydrogens (tertiary/aromatic N) is 2. The lowest BCUT2D eigenvalue weighted by atomic mass is 9.67. The van der Waals surface area contributed by atoms with Crippen LogP contribution >= 0.6 is 0 Å². The average Bonchev–Trinajstić information content (AvgIpc) is 1.66. The van der Waals surface area contributed by atoms with E-state index in [0.29, 0.717) is 0 Å². The zero-order chi connectivity index (χ0) is 58.3. The molecule has 0 atom stereocenters. The molecule has 4 nitrogen and oxygen atoms in total. The number of fused-ring (bicyclic) bond motifs is 13. The topological polar surface area (TPSA) is 32.8 Å². The van der Waals surface area contributed by atoms with Gasteiger partial charge in [-0.3, -0.25) is 0 Å². The van der Waals surface area contributed by atoms with E-state index in [-0.39, 0.29) is 10.8 Å². The third kappa shape index (κ3) is 7.87. The lowest BCUT2D eigenvalue weighted by molar-refractivity contribution is 0.572. The molecule has 0 N–H and O–H groups in total. The van der Waals surface area contributed by atoms with Gasteiger partial charge in [-0.1, -0.05) is 224 Å². The van der Waals surface area contributed by atoms with Crippen molar-refractivity contribution in [2.24, 2.45) is 0 Å². The summed E-state index contributed by atoms with van der Waals surface area (Å²) in [7, 11) is 0. The van der Waals surface area contributed by atoms with Crippen molar-refractivity contribution in [1.29, 1.82) is 0 Å². The van der Waals surface area contributed by atoms with E-state index >= 15 is 0 Å². The molecule has 2 heterocycles. The van der Waals surface area contributed by atoms with Gasteiger partial charge in [-0.25, -0.2) is 0 Å². The Balaban J connectivity index is 1.09. The molecule has 4 heteroatoms. The van der Waals surface area contributed by atoms with Gasteiger partial charge in [0.2, 0.25) is 0 Å². The Kier molecular flexibility index (Phi) is 11.8. The van der Waals surface area contributed by atoms with Gasteiger partial charge in [0.15, 0.2) is 11.2 Å². The summed E-state index contributed by atoms with van der Waals surface area (Å²) in [6.45, 7) is 22.5. The molecule has 0 amide bonds. The molecule has 414 valence electrons. The number of hydrogen-bond donors (Lipinski definition) is 0. The Bertz CT molecular complexity index is 4710. The molecule has 0 aliphatic heterocycles. The Morgan fingerprint density at radius 2 is 0.635 bits per heavy atom. The molecule has 0 saturated heterocycles. The molecule has 12 aromatic carbocycles. The zero-order valence-corrected chi connectivity index (χ0v) is 50.2. The van der Waals surface area contributed by atoms with Crippen LogP contribution in [-0.2, 0) is 16.2 Å². The van der Waals surface area contributed by atoms with Crippen LogP contribution in [0.25, 0.3) is 76.5 Å². The predicted molar refractivity (Wildman–Crippen MR) is 359 cm³/mol. The molecular formula is C81H68N2O2. The van der Waals surface area contributed by atoms with Crippen LogP contribution in [-0.4, -0.2) is 0 Å². The van der Waals surface area contributed by atoms with Gasteiger partial charge in [-0.15, -0.1) is 0 Å². The summed E-state index contributed by atoms with van der Waals surface area (Å²) in [6, 6.07) is 86.3. The summed E-state index contributed by atoms with van der Waals surface area (Å²) in [5.74, 6) is 0. The quantitative estimate of drug-likeness (QED) is 0.152. The van der Waals surface area contributed by atoms with Crippen LogP contribution in [0.15, 0.2) is 239 Å². The van der Waals surface area contributed by atoms with Gasteiger partial charge in [-0.05, 0) is 153 Å². The summed E-state index contributed by atoms with van der Waals surface area (Å²) < 4.78 is 14.7. The molecule has 1 aliphatic carbocycles. The lowest BCUT2D eigenvalue weighted by Crippen LogP contribution is -2.29. The molecule has 0 bridgehead atoms. The van der Waals surface area contributed by atoms with Gasteiger partial charge in [0.1, 0.15) is 11.2 Å². The van der Waals surface area contributed by atoms with Crippen LogP contribution in [0.4, 0.5) is 34.1 Å². The fourth-order valence-corrected chi connectivity index (χ4v) is 14.2. The first-order chi connectivity index (χ1) is 41.1. The Labute approximate surface area is 498 Å². The first-order valence-electron chi connectivity index (χ1n) is 30.0. The van der Waals surface area contributed by atoms with Gasteiger partial charge in [-0.2, -0.15) is 0 Å². The number of furan rings is 2. The molecule has 0 fully saturated rings. The van der Waals surface area contributed by atoms with E-state index in [1.165, 1.54) is 77.5 Å². The van der Waals surface area contributed by atoms with Gasteiger partial charge in [0.05, 0.1) is 28.2 Å². The second-order valence-electron chi connectivity index (χ2n) is 25.8. The predicted octanol–water partition coefficient (Wildman–Crippen LogP) is 22.9. The van der Waals surface area contributed by atoms with E-state index in [0.717, 1.165) is 88.8 Å².